The second-order valence-electron chi connectivity index (χ2n) is 6.38. The third-order valence-electron chi connectivity index (χ3n) is 4.16. The molecular weight excluding hydrogens is 385 g/mol. The molecule has 0 saturated carbocycles. The molecule has 3 N–H and O–H groups in total. The maximum Gasteiger partial charge on any atom is 0.228 e. The van der Waals surface area contributed by atoms with E-state index in [4.69, 9.17) is 4.74 Å². The van der Waals surface area contributed by atoms with Gasteiger partial charge in [0.05, 0.1) is 25.3 Å². The van der Waals surface area contributed by atoms with E-state index in [1.807, 2.05) is 30.3 Å². The van der Waals surface area contributed by atoms with Gasteiger partial charge in [-0.1, -0.05) is 30.3 Å². The number of hydrogen-bond acceptors (Lipinski definition) is 4. The lowest BCUT2D eigenvalue weighted by Gasteiger charge is -2.23. The highest BCUT2D eigenvalue weighted by atomic mass is 35.5. The van der Waals surface area contributed by atoms with Crippen LogP contribution in [0.3, 0.4) is 0 Å². The van der Waals surface area contributed by atoms with Crippen molar-refractivity contribution in [2.75, 3.05) is 30.4 Å². The van der Waals surface area contributed by atoms with Crippen LogP contribution in [0.4, 0.5) is 15.8 Å². The summed E-state index contributed by atoms with van der Waals surface area (Å²) in [6.45, 7) is 1.84. The number of ether oxygens (including phenoxy) is 1. The van der Waals surface area contributed by atoms with Crippen LogP contribution in [-0.4, -0.2) is 37.6 Å². The number of carbonyl (C=O) groups excluding carboxylic acids is 2. The highest BCUT2D eigenvalue weighted by molar-refractivity contribution is 5.95. The third kappa shape index (κ3) is 6.60. The average molecular weight is 408 g/mol. The molecule has 1 aliphatic rings. The first-order valence-electron chi connectivity index (χ1n) is 8.84. The number of morpholine rings is 1. The van der Waals surface area contributed by atoms with Crippen LogP contribution >= 0.6 is 12.4 Å². The molecular formula is C20H23ClFN3O3. The van der Waals surface area contributed by atoms with Gasteiger partial charge in [0.15, 0.2) is 0 Å². The Morgan fingerprint density at radius 3 is 2.61 bits per heavy atom. The number of carbonyl (C=O) groups is 2. The fourth-order valence-corrected chi connectivity index (χ4v) is 2.86. The maximum atomic E-state index is 14.0. The van der Waals surface area contributed by atoms with E-state index in [0.717, 1.165) is 5.56 Å². The van der Waals surface area contributed by atoms with E-state index in [1.165, 1.54) is 18.2 Å². The van der Waals surface area contributed by atoms with Crippen molar-refractivity contribution in [2.24, 2.45) is 0 Å². The summed E-state index contributed by atoms with van der Waals surface area (Å²) < 4.78 is 19.3. The predicted molar refractivity (Wildman–Crippen MR) is 108 cm³/mol. The SMILES string of the molecule is Cl.O=C(CC1COCCN1)Nc1ccc(F)c(NC(=O)Cc2ccccc2)c1. The van der Waals surface area contributed by atoms with Crippen LogP contribution in [0.25, 0.3) is 0 Å². The van der Waals surface area contributed by atoms with E-state index in [-0.39, 0.29) is 48.8 Å². The second kappa shape index (κ2) is 10.8. The van der Waals surface area contributed by atoms with Gasteiger partial charge in [0.25, 0.3) is 0 Å². The summed E-state index contributed by atoms with van der Waals surface area (Å²) in [5.41, 5.74) is 1.29. The topological polar surface area (TPSA) is 79.5 Å². The van der Waals surface area contributed by atoms with Gasteiger partial charge in [-0.25, -0.2) is 4.39 Å². The Kier molecular flexibility index (Phi) is 8.38. The highest BCUT2D eigenvalue weighted by Crippen LogP contribution is 2.20. The van der Waals surface area contributed by atoms with Gasteiger partial charge < -0.3 is 20.7 Å². The van der Waals surface area contributed by atoms with Gasteiger partial charge in [0.2, 0.25) is 11.8 Å². The standard InChI is InChI=1S/C20H22FN3O3.ClH/c21-17-7-6-15(23-20(26)12-16-13-27-9-8-22-16)11-18(17)24-19(25)10-14-4-2-1-3-5-14;/h1-7,11,16,22H,8-10,12-13H2,(H,23,26)(H,24,25);1H. The van der Waals surface area contributed by atoms with Crippen molar-refractivity contribution in [3.05, 3.63) is 59.9 Å². The molecule has 1 aliphatic heterocycles. The first-order chi connectivity index (χ1) is 13.1. The monoisotopic (exact) mass is 407 g/mol. The summed E-state index contributed by atoms with van der Waals surface area (Å²) in [6.07, 6.45) is 0.400. The van der Waals surface area contributed by atoms with E-state index in [2.05, 4.69) is 16.0 Å². The Hall–Kier alpha value is -2.48. The Morgan fingerprint density at radius 2 is 1.89 bits per heavy atom. The first-order valence-corrected chi connectivity index (χ1v) is 8.84. The molecule has 0 aromatic heterocycles. The number of halogens is 2. The van der Waals surface area contributed by atoms with Crippen LogP contribution in [0.5, 0.6) is 0 Å². The maximum absolute atomic E-state index is 14.0. The van der Waals surface area contributed by atoms with E-state index < -0.39 is 5.82 Å². The lowest BCUT2D eigenvalue weighted by atomic mass is 10.1. The third-order valence-corrected chi connectivity index (χ3v) is 4.16. The lowest BCUT2D eigenvalue weighted by molar-refractivity contribution is -0.117. The van der Waals surface area contributed by atoms with Crippen molar-refractivity contribution in [1.82, 2.24) is 5.32 Å². The molecule has 1 saturated heterocycles. The van der Waals surface area contributed by atoms with Crippen molar-refractivity contribution in [1.29, 1.82) is 0 Å². The lowest BCUT2D eigenvalue weighted by Crippen LogP contribution is -2.43. The minimum absolute atomic E-state index is 0. The smallest absolute Gasteiger partial charge is 0.228 e. The summed E-state index contributed by atoms with van der Waals surface area (Å²) in [7, 11) is 0. The summed E-state index contributed by atoms with van der Waals surface area (Å²) in [5, 5.41) is 8.49. The number of rotatable bonds is 6. The van der Waals surface area contributed by atoms with Gasteiger partial charge >= 0.3 is 0 Å². The molecule has 6 nitrogen and oxygen atoms in total. The fourth-order valence-electron chi connectivity index (χ4n) is 2.86. The van der Waals surface area contributed by atoms with E-state index in [0.29, 0.717) is 25.4 Å². The second-order valence-corrected chi connectivity index (χ2v) is 6.38. The number of nitrogens with one attached hydrogen (secondary N) is 3. The predicted octanol–water partition coefficient (Wildman–Crippen LogP) is 2.75. The summed E-state index contributed by atoms with van der Waals surface area (Å²) in [6, 6.07) is 13.3. The Balaban J connectivity index is 0.00000280. The van der Waals surface area contributed by atoms with Crippen molar-refractivity contribution >= 4 is 35.6 Å². The average Bonchev–Trinajstić information content (AvgIpc) is 2.66. The molecule has 0 aliphatic carbocycles. The molecule has 2 aromatic carbocycles. The summed E-state index contributed by atoms with van der Waals surface area (Å²) in [4.78, 5) is 24.3. The van der Waals surface area contributed by atoms with Crippen molar-refractivity contribution in [2.45, 2.75) is 18.9 Å². The van der Waals surface area contributed by atoms with Crippen molar-refractivity contribution in [3.8, 4) is 0 Å². The molecule has 3 rings (SSSR count). The molecule has 0 bridgehead atoms. The summed E-state index contributed by atoms with van der Waals surface area (Å²) in [5.74, 6) is -1.09. The Bertz CT molecular complexity index is 799. The number of hydrogen-bond donors (Lipinski definition) is 3. The molecule has 150 valence electrons. The highest BCUT2D eigenvalue weighted by Gasteiger charge is 2.17. The molecule has 1 atom stereocenters. The van der Waals surface area contributed by atoms with Gasteiger partial charge in [-0.15, -0.1) is 12.4 Å². The van der Waals surface area contributed by atoms with Crippen LogP contribution in [0.1, 0.15) is 12.0 Å². The fraction of sp³-hybridized carbons (Fsp3) is 0.300. The molecule has 8 heteroatoms. The molecule has 28 heavy (non-hydrogen) atoms. The van der Waals surface area contributed by atoms with Crippen LogP contribution in [0.15, 0.2) is 48.5 Å². The molecule has 0 radical (unpaired) electrons. The van der Waals surface area contributed by atoms with E-state index in [9.17, 15) is 14.0 Å². The van der Waals surface area contributed by atoms with Crippen LogP contribution in [0.2, 0.25) is 0 Å². The Labute approximate surface area is 169 Å². The normalized spacial score (nSPS) is 16.0. The number of amides is 2. The van der Waals surface area contributed by atoms with Gasteiger partial charge in [-0.05, 0) is 23.8 Å². The van der Waals surface area contributed by atoms with E-state index in [1.54, 1.807) is 0 Å². The van der Waals surface area contributed by atoms with E-state index >= 15 is 0 Å². The summed E-state index contributed by atoms with van der Waals surface area (Å²) >= 11 is 0. The van der Waals surface area contributed by atoms with Gasteiger partial charge in [-0.2, -0.15) is 0 Å². The minimum Gasteiger partial charge on any atom is -0.378 e. The first kappa shape index (κ1) is 21.8. The molecule has 1 heterocycles. The molecule has 0 spiro atoms. The van der Waals surface area contributed by atoms with Gasteiger partial charge in [0, 0.05) is 24.7 Å². The number of anilines is 2. The zero-order valence-corrected chi connectivity index (χ0v) is 16.1. The van der Waals surface area contributed by atoms with Crippen LogP contribution < -0.4 is 16.0 Å². The van der Waals surface area contributed by atoms with Gasteiger partial charge in [0.1, 0.15) is 5.82 Å². The molecule has 2 amide bonds. The molecule has 1 fully saturated rings. The largest absolute Gasteiger partial charge is 0.378 e. The van der Waals surface area contributed by atoms with Crippen molar-refractivity contribution < 1.29 is 18.7 Å². The van der Waals surface area contributed by atoms with Gasteiger partial charge in [-0.3, -0.25) is 9.59 Å². The number of benzene rings is 2. The zero-order chi connectivity index (χ0) is 19.1. The zero-order valence-electron chi connectivity index (χ0n) is 15.2. The molecule has 2 aromatic rings. The Morgan fingerprint density at radius 1 is 1.11 bits per heavy atom. The van der Waals surface area contributed by atoms with Crippen molar-refractivity contribution in [3.63, 3.8) is 0 Å². The minimum atomic E-state index is -0.559. The van der Waals surface area contributed by atoms with Crippen LogP contribution in [-0.2, 0) is 20.7 Å². The quantitative estimate of drug-likeness (QED) is 0.688. The van der Waals surface area contributed by atoms with Crippen LogP contribution in [0, 0.1) is 5.82 Å². The molecule has 1 unspecified atom stereocenters.